The molecule has 4 nitrogen and oxygen atoms in total. The molecule has 0 atom stereocenters. The van der Waals surface area contributed by atoms with E-state index in [1.807, 2.05) is 13.8 Å². The van der Waals surface area contributed by atoms with Gasteiger partial charge in [0.15, 0.2) is 0 Å². The van der Waals surface area contributed by atoms with Gasteiger partial charge in [0.05, 0.1) is 27.9 Å². The predicted molar refractivity (Wildman–Crippen MR) is 74.3 cm³/mol. The summed E-state index contributed by atoms with van der Waals surface area (Å²) in [4.78, 5) is 12.0. The van der Waals surface area contributed by atoms with Gasteiger partial charge in [-0.2, -0.15) is 0 Å². The number of halogens is 2. The number of carbonyl (C=O) groups excluding carboxylic acids is 1. The number of hydrogen-bond donors (Lipinski definition) is 2. The molecule has 0 aliphatic carbocycles. The van der Waals surface area contributed by atoms with Crippen LogP contribution >= 0.6 is 23.2 Å². The Balaban J connectivity index is 2.92. The Morgan fingerprint density at radius 1 is 1.39 bits per heavy atom. The monoisotopic (exact) mass is 290 g/mol. The van der Waals surface area contributed by atoms with Crippen LogP contribution in [0.1, 0.15) is 24.2 Å². The summed E-state index contributed by atoms with van der Waals surface area (Å²) >= 11 is 11.8. The molecule has 0 saturated heterocycles. The van der Waals surface area contributed by atoms with Crippen molar-refractivity contribution >= 4 is 34.8 Å². The molecule has 0 bridgehead atoms. The third-order valence-corrected chi connectivity index (χ3v) is 2.92. The predicted octanol–water partition coefficient (Wildman–Crippen LogP) is 2.73. The van der Waals surface area contributed by atoms with Crippen molar-refractivity contribution in [3.05, 3.63) is 27.7 Å². The van der Waals surface area contributed by atoms with Gasteiger partial charge in [-0.1, -0.05) is 23.2 Å². The molecule has 1 rings (SSSR count). The van der Waals surface area contributed by atoms with Gasteiger partial charge in [0.25, 0.3) is 5.91 Å². The first-order chi connectivity index (χ1) is 8.26. The van der Waals surface area contributed by atoms with Crippen molar-refractivity contribution < 1.29 is 9.53 Å². The van der Waals surface area contributed by atoms with Crippen LogP contribution in [0.3, 0.4) is 0 Å². The molecule has 0 radical (unpaired) electrons. The maximum atomic E-state index is 12.0. The Kier molecular flexibility index (Phi) is 4.85. The van der Waals surface area contributed by atoms with E-state index in [4.69, 9.17) is 33.7 Å². The summed E-state index contributed by atoms with van der Waals surface area (Å²) in [7, 11) is 1.57. The minimum absolute atomic E-state index is 0.261. The first kappa shape index (κ1) is 15.1. The molecular formula is C12H16Cl2N2O2. The number of hydrogen-bond acceptors (Lipinski definition) is 3. The smallest absolute Gasteiger partial charge is 0.251 e. The van der Waals surface area contributed by atoms with Crippen molar-refractivity contribution in [2.45, 2.75) is 19.4 Å². The molecule has 1 aromatic rings. The van der Waals surface area contributed by atoms with Gasteiger partial charge in [0, 0.05) is 12.7 Å². The van der Waals surface area contributed by atoms with Crippen LogP contribution in [-0.2, 0) is 4.74 Å². The number of nitrogens with two attached hydrogens (primary N) is 1. The number of methoxy groups -OCH3 is 1. The van der Waals surface area contributed by atoms with Gasteiger partial charge in [-0.05, 0) is 26.0 Å². The molecule has 0 aliphatic heterocycles. The van der Waals surface area contributed by atoms with E-state index >= 15 is 0 Å². The minimum atomic E-state index is -0.480. The fourth-order valence-electron chi connectivity index (χ4n) is 1.49. The lowest BCUT2D eigenvalue weighted by molar-refractivity contribution is 0.0820. The highest BCUT2D eigenvalue weighted by atomic mass is 35.5. The van der Waals surface area contributed by atoms with E-state index in [9.17, 15) is 4.79 Å². The summed E-state index contributed by atoms with van der Waals surface area (Å²) in [5, 5.41) is 3.35. The standard InChI is InChI=1S/C12H16Cl2N2O2/c1-12(2,6-18-3)16-11(17)7-4-8(13)10(15)9(14)5-7/h4-5H,6,15H2,1-3H3,(H,16,17). The first-order valence-electron chi connectivity index (χ1n) is 5.33. The highest BCUT2D eigenvalue weighted by Gasteiger charge is 2.21. The van der Waals surface area contributed by atoms with Crippen LogP contribution < -0.4 is 11.1 Å². The molecule has 0 aromatic heterocycles. The van der Waals surface area contributed by atoms with Crippen molar-refractivity contribution in [2.24, 2.45) is 0 Å². The molecule has 1 aromatic carbocycles. The highest BCUT2D eigenvalue weighted by Crippen LogP contribution is 2.28. The van der Waals surface area contributed by atoms with E-state index in [1.165, 1.54) is 12.1 Å². The number of rotatable bonds is 4. The van der Waals surface area contributed by atoms with Gasteiger partial charge in [-0.25, -0.2) is 0 Å². The largest absolute Gasteiger partial charge is 0.396 e. The summed E-state index contributed by atoms with van der Waals surface area (Å²) < 4.78 is 5.02. The van der Waals surface area contributed by atoms with Gasteiger partial charge in [0.2, 0.25) is 0 Å². The van der Waals surface area contributed by atoms with E-state index in [0.29, 0.717) is 12.2 Å². The third kappa shape index (κ3) is 3.77. The summed E-state index contributed by atoms with van der Waals surface area (Å²) in [6, 6.07) is 2.97. The number of nitrogen functional groups attached to an aromatic ring is 1. The van der Waals surface area contributed by atoms with Gasteiger partial charge in [-0.3, -0.25) is 4.79 Å². The maximum absolute atomic E-state index is 12.0. The zero-order valence-corrected chi connectivity index (χ0v) is 12.0. The molecule has 0 aliphatic rings. The Bertz CT molecular complexity index is 438. The Morgan fingerprint density at radius 2 is 1.89 bits per heavy atom. The first-order valence-corrected chi connectivity index (χ1v) is 6.08. The number of carbonyl (C=O) groups is 1. The van der Waals surface area contributed by atoms with Crippen LogP contribution in [-0.4, -0.2) is 25.2 Å². The van der Waals surface area contributed by atoms with E-state index in [0.717, 1.165) is 0 Å². The Hall–Kier alpha value is -0.970. The summed E-state index contributed by atoms with van der Waals surface area (Å²) in [6.07, 6.45) is 0. The molecule has 0 unspecified atom stereocenters. The number of anilines is 1. The van der Waals surface area contributed by atoms with Gasteiger partial charge >= 0.3 is 0 Å². The van der Waals surface area contributed by atoms with Crippen LogP contribution in [0.15, 0.2) is 12.1 Å². The van der Waals surface area contributed by atoms with Crippen LogP contribution in [0.2, 0.25) is 10.0 Å². The van der Waals surface area contributed by atoms with Crippen LogP contribution in [0.4, 0.5) is 5.69 Å². The van der Waals surface area contributed by atoms with Crippen LogP contribution in [0.5, 0.6) is 0 Å². The normalized spacial score (nSPS) is 11.4. The lowest BCUT2D eigenvalue weighted by atomic mass is 10.1. The fourth-order valence-corrected chi connectivity index (χ4v) is 1.98. The van der Waals surface area contributed by atoms with Crippen molar-refractivity contribution in [3.63, 3.8) is 0 Å². The summed E-state index contributed by atoms with van der Waals surface area (Å²) in [5.41, 5.74) is 5.76. The Labute approximate surface area is 116 Å². The molecule has 0 fully saturated rings. The minimum Gasteiger partial charge on any atom is -0.396 e. The van der Waals surface area contributed by atoms with Gasteiger partial charge < -0.3 is 15.8 Å². The second-order valence-corrected chi connectivity index (χ2v) is 5.44. The fraction of sp³-hybridized carbons (Fsp3) is 0.417. The molecule has 1 amide bonds. The lowest BCUT2D eigenvalue weighted by Crippen LogP contribution is -2.46. The van der Waals surface area contributed by atoms with Crippen molar-refractivity contribution in [2.75, 3.05) is 19.5 Å². The summed E-state index contributed by atoms with van der Waals surface area (Å²) in [5.74, 6) is -0.277. The van der Waals surface area contributed by atoms with Crippen molar-refractivity contribution in [3.8, 4) is 0 Å². The van der Waals surface area contributed by atoms with Gasteiger partial charge in [-0.15, -0.1) is 0 Å². The zero-order chi connectivity index (χ0) is 13.9. The summed E-state index contributed by atoms with van der Waals surface area (Å²) in [6.45, 7) is 4.11. The van der Waals surface area contributed by atoms with E-state index in [2.05, 4.69) is 5.32 Å². The highest BCUT2D eigenvalue weighted by molar-refractivity contribution is 6.39. The molecule has 6 heteroatoms. The lowest BCUT2D eigenvalue weighted by Gasteiger charge is -2.25. The SMILES string of the molecule is COCC(C)(C)NC(=O)c1cc(Cl)c(N)c(Cl)c1. The van der Waals surface area contributed by atoms with Gasteiger partial charge in [0.1, 0.15) is 0 Å². The molecule has 100 valence electrons. The molecule has 3 N–H and O–H groups in total. The average Bonchev–Trinajstić information content (AvgIpc) is 2.24. The topological polar surface area (TPSA) is 64.3 Å². The number of benzene rings is 1. The third-order valence-electron chi connectivity index (χ3n) is 2.30. The number of amides is 1. The molecule has 0 saturated carbocycles. The molecule has 0 heterocycles. The number of ether oxygens (including phenoxy) is 1. The average molecular weight is 291 g/mol. The Morgan fingerprint density at radius 3 is 2.33 bits per heavy atom. The van der Waals surface area contributed by atoms with E-state index in [-0.39, 0.29) is 21.6 Å². The molecular weight excluding hydrogens is 275 g/mol. The molecule has 0 spiro atoms. The van der Waals surface area contributed by atoms with Crippen LogP contribution in [0.25, 0.3) is 0 Å². The molecule has 18 heavy (non-hydrogen) atoms. The van der Waals surface area contributed by atoms with E-state index < -0.39 is 5.54 Å². The van der Waals surface area contributed by atoms with Crippen molar-refractivity contribution in [1.82, 2.24) is 5.32 Å². The van der Waals surface area contributed by atoms with Crippen molar-refractivity contribution in [1.29, 1.82) is 0 Å². The zero-order valence-electron chi connectivity index (χ0n) is 10.5. The second-order valence-electron chi connectivity index (χ2n) is 4.62. The van der Waals surface area contributed by atoms with Crippen LogP contribution in [0, 0.1) is 0 Å². The quantitative estimate of drug-likeness (QED) is 0.838. The second kappa shape index (κ2) is 5.78. The maximum Gasteiger partial charge on any atom is 0.251 e. The number of nitrogens with one attached hydrogen (secondary N) is 1. The van der Waals surface area contributed by atoms with E-state index in [1.54, 1.807) is 7.11 Å².